The van der Waals surface area contributed by atoms with E-state index in [0.29, 0.717) is 11.6 Å². The molecule has 0 fully saturated rings. The minimum atomic E-state index is -3.87. The predicted molar refractivity (Wildman–Crippen MR) is 136 cm³/mol. The number of benzene rings is 2. The molecule has 2 aromatic carbocycles. The third kappa shape index (κ3) is 7.88. The number of sulfonamides is 1. The van der Waals surface area contributed by atoms with Crippen LogP contribution in [0.15, 0.2) is 46.9 Å². The smallest absolute Gasteiger partial charge is 0.244 e. The van der Waals surface area contributed by atoms with E-state index < -0.39 is 28.5 Å². The van der Waals surface area contributed by atoms with Gasteiger partial charge in [0, 0.05) is 22.6 Å². The molecule has 33 heavy (non-hydrogen) atoms. The molecule has 0 radical (unpaired) electrons. The van der Waals surface area contributed by atoms with E-state index in [9.17, 15) is 18.0 Å². The van der Waals surface area contributed by atoms with E-state index in [1.165, 1.54) is 23.1 Å². The highest BCUT2D eigenvalue weighted by atomic mass is 79.9. The number of rotatable bonds is 10. The van der Waals surface area contributed by atoms with Crippen LogP contribution in [-0.4, -0.2) is 50.5 Å². The monoisotopic (exact) mass is 577 g/mol. The van der Waals surface area contributed by atoms with Gasteiger partial charge in [-0.2, -0.15) is 0 Å². The zero-order valence-corrected chi connectivity index (χ0v) is 22.4. The summed E-state index contributed by atoms with van der Waals surface area (Å²) in [4.78, 5) is 27.4. The SMILES string of the molecule is CCCNC(=O)[C@H](C)N(Cc1cccc(Br)c1)C(=O)CN(c1ccc(Cl)cc1Cl)S(C)(=O)=O. The second-order valence-corrected chi connectivity index (χ2v) is 11.2. The quantitative estimate of drug-likeness (QED) is 0.451. The Labute approximate surface area is 213 Å². The van der Waals surface area contributed by atoms with Crippen LogP contribution in [0.25, 0.3) is 0 Å². The van der Waals surface area contributed by atoms with Crippen LogP contribution < -0.4 is 9.62 Å². The molecular formula is C22H26BrCl2N3O4S. The zero-order valence-electron chi connectivity index (χ0n) is 18.5. The molecule has 0 aliphatic rings. The molecule has 0 aromatic heterocycles. The van der Waals surface area contributed by atoms with Crippen molar-refractivity contribution in [1.29, 1.82) is 0 Å². The van der Waals surface area contributed by atoms with Crippen molar-refractivity contribution in [3.63, 3.8) is 0 Å². The van der Waals surface area contributed by atoms with Crippen molar-refractivity contribution < 1.29 is 18.0 Å². The fourth-order valence-corrected chi connectivity index (χ4v) is 4.96. The molecular weight excluding hydrogens is 553 g/mol. The maximum Gasteiger partial charge on any atom is 0.244 e. The molecule has 2 aromatic rings. The number of anilines is 1. The highest BCUT2D eigenvalue weighted by Crippen LogP contribution is 2.30. The molecule has 2 amide bonds. The maximum absolute atomic E-state index is 13.4. The summed E-state index contributed by atoms with van der Waals surface area (Å²) in [5, 5.41) is 3.21. The van der Waals surface area contributed by atoms with Crippen LogP contribution in [0.3, 0.4) is 0 Å². The number of amides is 2. The van der Waals surface area contributed by atoms with Crippen molar-refractivity contribution in [2.24, 2.45) is 0 Å². The topological polar surface area (TPSA) is 86.8 Å². The summed E-state index contributed by atoms with van der Waals surface area (Å²) >= 11 is 15.6. The summed E-state index contributed by atoms with van der Waals surface area (Å²) in [6, 6.07) is 10.8. The third-order valence-corrected chi connectivity index (χ3v) is 6.97. The summed E-state index contributed by atoms with van der Waals surface area (Å²) in [7, 11) is -3.87. The zero-order chi connectivity index (χ0) is 24.8. The molecule has 1 N–H and O–H groups in total. The van der Waals surface area contributed by atoms with Crippen molar-refractivity contribution in [3.8, 4) is 0 Å². The number of carbonyl (C=O) groups excluding carboxylic acids is 2. The summed E-state index contributed by atoms with van der Waals surface area (Å²) < 4.78 is 26.8. The first-order valence-electron chi connectivity index (χ1n) is 10.2. The summed E-state index contributed by atoms with van der Waals surface area (Å²) in [6.07, 6.45) is 1.73. The van der Waals surface area contributed by atoms with Gasteiger partial charge in [0.1, 0.15) is 12.6 Å². The molecule has 0 saturated heterocycles. The molecule has 11 heteroatoms. The lowest BCUT2D eigenvalue weighted by molar-refractivity contribution is -0.139. The van der Waals surface area contributed by atoms with Crippen LogP contribution in [-0.2, 0) is 26.2 Å². The van der Waals surface area contributed by atoms with Crippen LogP contribution in [0, 0.1) is 0 Å². The average molecular weight is 579 g/mol. The fourth-order valence-electron chi connectivity index (χ4n) is 3.09. The molecule has 0 spiro atoms. The van der Waals surface area contributed by atoms with Gasteiger partial charge in [-0.1, -0.05) is 58.2 Å². The van der Waals surface area contributed by atoms with Gasteiger partial charge < -0.3 is 10.2 Å². The molecule has 7 nitrogen and oxygen atoms in total. The van der Waals surface area contributed by atoms with Crippen molar-refractivity contribution in [3.05, 3.63) is 62.5 Å². The van der Waals surface area contributed by atoms with E-state index in [0.717, 1.165) is 27.0 Å². The number of hydrogen-bond acceptors (Lipinski definition) is 4. The Bertz CT molecular complexity index is 1110. The predicted octanol–water partition coefficient (Wildman–Crippen LogP) is 4.47. The molecule has 0 saturated carbocycles. The van der Waals surface area contributed by atoms with Gasteiger partial charge in [-0.3, -0.25) is 13.9 Å². The Morgan fingerprint density at radius 3 is 2.42 bits per heavy atom. The van der Waals surface area contributed by atoms with E-state index in [2.05, 4.69) is 21.2 Å². The second kappa shape index (κ2) is 12.1. The summed E-state index contributed by atoms with van der Waals surface area (Å²) in [5.41, 5.74) is 0.908. The first kappa shape index (κ1) is 27.4. The highest BCUT2D eigenvalue weighted by molar-refractivity contribution is 9.10. The van der Waals surface area contributed by atoms with E-state index in [1.54, 1.807) is 6.92 Å². The molecule has 0 unspecified atom stereocenters. The van der Waals surface area contributed by atoms with E-state index in [1.807, 2.05) is 31.2 Å². The first-order chi connectivity index (χ1) is 15.4. The van der Waals surface area contributed by atoms with Crippen LogP contribution in [0.2, 0.25) is 10.0 Å². The van der Waals surface area contributed by atoms with Gasteiger partial charge in [0.25, 0.3) is 0 Å². The van der Waals surface area contributed by atoms with Crippen molar-refractivity contribution in [1.82, 2.24) is 10.2 Å². The Kier molecular flexibility index (Phi) is 10.0. The van der Waals surface area contributed by atoms with Crippen LogP contribution in [0.4, 0.5) is 5.69 Å². The lowest BCUT2D eigenvalue weighted by Crippen LogP contribution is -2.51. The maximum atomic E-state index is 13.4. The number of nitrogens with zero attached hydrogens (tertiary/aromatic N) is 2. The third-order valence-electron chi connectivity index (χ3n) is 4.82. The van der Waals surface area contributed by atoms with E-state index in [-0.39, 0.29) is 23.2 Å². The summed E-state index contributed by atoms with van der Waals surface area (Å²) in [6.45, 7) is 3.60. The molecule has 2 rings (SSSR count). The van der Waals surface area contributed by atoms with Gasteiger partial charge >= 0.3 is 0 Å². The standard InChI is InChI=1S/C22H26BrCl2N3O4S/c1-4-10-26-22(30)15(2)27(13-16-6-5-7-17(23)11-16)21(29)14-28(33(3,31)32)20-9-8-18(24)12-19(20)25/h5-9,11-12,15H,4,10,13-14H2,1-3H3,(H,26,30)/t15-/m0/s1. The Balaban J connectivity index is 2.40. The number of halogens is 3. The molecule has 180 valence electrons. The highest BCUT2D eigenvalue weighted by Gasteiger charge is 2.30. The molecule has 0 aliphatic heterocycles. The molecule has 0 heterocycles. The van der Waals surface area contributed by atoms with Crippen LogP contribution >= 0.6 is 39.1 Å². The van der Waals surface area contributed by atoms with Gasteiger partial charge in [-0.05, 0) is 49.2 Å². The second-order valence-electron chi connectivity index (χ2n) is 7.48. The van der Waals surface area contributed by atoms with Crippen molar-refractivity contribution >= 4 is 66.7 Å². The number of hydrogen-bond donors (Lipinski definition) is 1. The average Bonchev–Trinajstić information content (AvgIpc) is 2.73. The first-order valence-corrected chi connectivity index (χ1v) is 13.6. The van der Waals surface area contributed by atoms with E-state index >= 15 is 0 Å². The van der Waals surface area contributed by atoms with E-state index in [4.69, 9.17) is 23.2 Å². The minimum Gasteiger partial charge on any atom is -0.354 e. The fraction of sp³-hybridized carbons (Fsp3) is 0.364. The van der Waals surface area contributed by atoms with Gasteiger partial charge in [0.2, 0.25) is 21.8 Å². The van der Waals surface area contributed by atoms with Gasteiger partial charge in [-0.25, -0.2) is 8.42 Å². The van der Waals surface area contributed by atoms with Crippen molar-refractivity contribution in [2.75, 3.05) is 23.7 Å². The Morgan fingerprint density at radius 1 is 1.15 bits per heavy atom. The van der Waals surface area contributed by atoms with Gasteiger partial charge in [0.15, 0.2) is 0 Å². The number of nitrogens with one attached hydrogen (secondary N) is 1. The summed E-state index contributed by atoms with van der Waals surface area (Å²) in [5.74, 6) is -0.874. The Morgan fingerprint density at radius 2 is 1.85 bits per heavy atom. The van der Waals surface area contributed by atoms with Crippen LogP contribution in [0.1, 0.15) is 25.8 Å². The lowest BCUT2D eigenvalue weighted by atomic mass is 10.1. The van der Waals surface area contributed by atoms with Gasteiger partial charge in [-0.15, -0.1) is 0 Å². The van der Waals surface area contributed by atoms with Gasteiger partial charge in [0.05, 0.1) is 17.0 Å². The lowest BCUT2D eigenvalue weighted by Gasteiger charge is -2.31. The minimum absolute atomic E-state index is 0.0907. The van der Waals surface area contributed by atoms with Crippen molar-refractivity contribution in [2.45, 2.75) is 32.9 Å². The normalized spacial score (nSPS) is 12.2. The molecule has 0 aliphatic carbocycles. The number of carbonyl (C=O) groups is 2. The molecule has 0 bridgehead atoms. The molecule has 1 atom stereocenters. The largest absolute Gasteiger partial charge is 0.354 e. The Hall–Kier alpha value is -1.81. The van der Waals surface area contributed by atoms with Crippen LogP contribution in [0.5, 0.6) is 0 Å².